The Labute approximate surface area is 121 Å². The number of furan rings is 1. The van der Waals surface area contributed by atoms with Crippen LogP contribution in [0.4, 0.5) is 11.4 Å². The Morgan fingerprint density at radius 3 is 2.71 bits per heavy atom. The number of carbonyl (C=O) groups is 1. The molecule has 0 bridgehead atoms. The summed E-state index contributed by atoms with van der Waals surface area (Å²) < 4.78 is 16.1. The highest BCUT2D eigenvalue weighted by Gasteiger charge is 2.16. The zero-order valence-electron chi connectivity index (χ0n) is 11.4. The molecule has 3 N–H and O–H groups in total. The van der Waals surface area contributed by atoms with Crippen LogP contribution in [0.1, 0.15) is 12.2 Å². The van der Waals surface area contributed by atoms with Crippen molar-refractivity contribution < 1.29 is 18.7 Å². The minimum absolute atomic E-state index is 0.130. The van der Waals surface area contributed by atoms with Gasteiger partial charge in [0, 0.05) is 25.0 Å². The first kappa shape index (κ1) is 13.4. The van der Waals surface area contributed by atoms with Crippen LogP contribution in [-0.2, 0) is 11.2 Å². The zero-order chi connectivity index (χ0) is 14.7. The molecule has 0 atom stereocenters. The van der Waals surface area contributed by atoms with Crippen LogP contribution in [0.25, 0.3) is 0 Å². The Bertz CT molecular complexity index is 637. The standard InChI is InChI=1S/C15H16N2O4/c16-11-8-13-14(21-7-6-20-13)9-12(11)17-15(18)4-3-10-2-1-5-19-10/h1-2,5,8-9H,3-4,6-7,16H2,(H,17,18). The molecule has 1 aromatic heterocycles. The number of rotatable bonds is 4. The van der Waals surface area contributed by atoms with Crippen molar-refractivity contribution in [3.8, 4) is 11.5 Å². The van der Waals surface area contributed by atoms with Crippen molar-refractivity contribution in [2.75, 3.05) is 24.3 Å². The van der Waals surface area contributed by atoms with Gasteiger partial charge in [0.1, 0.15) is 19.0 Å². The minimum Gasteiger partial charge on any atom is -0.486 e. The van der Waals surface area contributed by atoms with E-state index >= 15 is 0 Å². The summed E-state index contributed by atoms with van der Waals surface area (Å²) in [5.41, 5.74) is 6.90. The quantitative estimate of drug-likeness (QED) is 0.842. The van der Waals surface area contributed by atoms with Crippen LogP contribution in [0, 0.1) is 0 Å². The van der Waals surface area contributed by atoms with Gasteiger partial charge in [0.25, 0.3) is 0 Å². The van der Waals surface area contributed by atoms with E-state index in [0.29, 0.717) is 48.9 Å². The summed E-state index contributed by atoms with van der Waals surface area (Å²) in [4.78, 5) is 11.9. The maximum Gasteiger partial charge on any atom is 0.224 e. The van der Waals surface area contributed by atoms with Crippen molar-refractivity contribution in [2.45, 2.75) is 12.8 Å². The van der Waals surface area contributed by atoms with E-state index in [1.165, 1.54) is 0 Å². The molecule has 1 aliphatic heterocycles. The lowest BCUT2D eigenvalue weighted by Crippen LogP contribution is -2.17. The molecular formula is C15H16N2O4. The third-order valence-corrected chi connectivity index (χ3v) is 3.17. The normalized spacial score (nSPS) is 13.0. The van der Waals surface area contributed by atoms with E-state index in [9.17, 15) is 4.79 Å². The Morgan fingerprint density at radius 2 is 2.00 bits per heavy atom. The average Bonchev–Trinajstić information content (AvgIpc) is 2.99. The number of carbonyl (C=O) groups excluding carboxylic acids is 1. The molecule has 6 heteroatoms. The topological polar surface area (TPSA) is 86.7 Å². The maximum absolute atomic E-state index is 11.9. The molecule has 1 aliphatic rings. The first-order chi connectivity index (χ1) is 10.2. The summed E-state index contributed by atoms with van der Waals surface area (Å²) in [5.74, 6) is 1.85. The van der Waals surface area contributed by atoms with E-state index in [0.717, 1.165) is 5.76 Å². The minimum atomic E-state index is -0.130. The number of aryl methyl sites for hydroxylation is 1. The van der Waals surface area contributed by atoms with Crippen LogP contribution < -0.4 is 20.5 Å². The molecule has 1 amide bonds. The third kappa shape index (κ3) is 3.10. The number of amides is 1. The molecule has 1 aromatic carbocycles. The van der Waals surface area contributed by atoms with Gasteiger partial charge in [-0.1, -0.05) is 0 Å². The molecule has 0 fully saturated rings. The molecule has 6 nitrogen and oxygen atoms in total. The van der Waals surface area contributed by atoms with Crippen LogP contribution in [-0.4, -0.2) is 19.1 Å². The van der Waals surface area contributed by atoms with Crippen molar-refractivity contribution in [1.29, 1.82) is 0 Å². The summed E-state index contributed by atoms with van der Waals surface area (Å²) in [5, 5.41) is 2.78. The summed E-state index contributed by atoms with van der Waals surface area (Å²) in [7, 11) is 0. The largest absolute Gasteiger partial charge is 0.486 e. The van der Waals surface area contributed by atoms with E-state index in [1.54, 1.807) is 24.5 Å². The van der Waals surface area contributed by atoms with E-state index in [4.69, 9.17) is 19.6 Å². The fourth-order valence-electron chi connectivity index (χ4n) is 2.12. The van der Waals surface area contributed by atoms with Gasteiger partial charge in [-0.2, -0.15) is 0 Å². The Morgan fingerprint density at radius 1 is 1.24 bits per heavy atom. The molecule has 0 spiro atoms. The van der Waals surface area contributed by atoms with Crippen LogP contribution in [0.5, 0.6) is 11.5 Å². The molecule has 0 radical (unpaired) electrons. The molecule has 0 aliphatic carbocycles. The third-order valence-electron chi connectivity index (χ3n) is 3.17. The number of ether oxygens (including phenoxy) is 2. The molecule has 2 heterocycles. The van der Waals surface area contributed by atoms with Gasteiger partial charge in [0.15, 0.2) is 11.5 Å². The van der Waals surface area contributed by atoms with Crippen LogP contribution in [0.2, 0.25) is 0 Å². The predicted octanol–water partition coefficient (Wildman–Crippen LogP) is 2.20. The van der Waals surface area contributed by atoms with Crippen LogP contribution in [0.3, 0.4) is 0 Å². The molecule has 2 aromatic rings. The van der Waals surface area contributed by atoms with Crippen LogP contribution >= 0.6 is 0 Å². The lowest BCUT2D eigenvalue weighted by Gasteiger charge is -2.20. The van der Waals surface area contributed by atoms with Crippen molar-refractivity contribution in [2.24, 2.45) is 0 Å². The molecule has 21 heavy (non-hydrogen) atoms. The SMILES string of the molecule is Nc1cc2c(cc1NC(=O)CCc1ccco1)OCCO2. The summed E-state index contributed by atoms with van der Waals surface area (Å²) in [6, 6.07) is 6.99. The molecule has 0 unspecified atom stereocenters. The van der Waals surface area contributed by atoms with Gasteiger partial charge in [0.05, 0.1) is 17.6 Å². The van der Waals surface area contributed by atoms with Gasteiger partial charge in [-0.3, -0.25) is 4.79 Å². The lowest BCUT2D eigenvalue weighted by molar-refractivity contribution is -0.116. The second kappa shape index (κ2) is 5.78. The number of hydrogen-bond donors (Lipinski definition) is 2. The average molecular weight is 288 g/mol. The molecule has 0 saturated carbocycles. The fourth-order valence-corrected chi connectivity index (χ4v) is 2.12. The van der Waals surface area contributed by atoms with Gasteiger partial charge in [0.2, 0.25) is 5.91 Å². The second-order valence-electron chi connectivity index (χ2n) is 4.71. The van der Waals surface area contributed by atoms with Gasteiger partial charge >= 0.3 is 0 Å². The van der Waals surface area contributed by atoms with E-state index < -0.39 is 0 Å². The van der Waals surface area contributed by atoms with E-state index in [-0.39, 0.29) is 5.91 Å². The maximum atomic E-state index is 11.9. The highest BCUT2D eigenvalue weighted by atomic mass is 16.6. The van der Waals surface area contributed by atoms with Gasteiger partial charge in [-0.25, -0.2) is 0 Å². The Kier molecular flexibility index (Phi) is 3.68. The van der Waals surface area contributed by atoms with E-state index in [2.05, 4.69) is 5.32 Å². The highest BCUT2D eigenvalue weighted by Crippen LogP contribution is 2.36. The Balaban J connectivity index is 1.65. The summed E-state index contributed by atoms with van der Waals surface area (Å²) in [6.45, 7) is 0.990. The number of anilines is 2. The van der Waals surface area contributed by atoms with Crippen LogP contribution in [0.15, 0.2) is 34.9 Å². The fraction of sp³-hybridized carbons (Fsp3) is 0.267. The summed E-state index contributed by atoms with van der Waals surface area (Å²) in [6.07, 6.45) is 2.46. The zero-order valence-corrected chi connectivity index (χ0v) is 11.4. The molecular weight excluding hydrogens is 272 g/mol. The lowest BCUT2D eigenvalue weighted by atomic mass is 10.2. The first-order valence-corrected chi connectivity index (χ1v) is 6.74. The second-order valence-corrected chi connectivity index (χ2v) is 4.71. The van der Waals surface area contributed by atoms with Gasteiger partial charge in [-0.15, -0.1) is 0 Å². The summed E-state index contributed by atoms with van der Waals surface area (Å²) >= 11 is 0. The molecule has 110 valence electrons. The van der Waals surface area contributed by atoms with Crippen molar-refractivity contribution in [3.05, 3.63) is 36.3 Å². The smallest absolute Gasteiger partial charge is 0.224 e. The van der Waals surface area contributed by atoms with Crippen molar-refractivity contribution >= 4 is 17.3 Å². The highest BCUT2D eigenvalue weighted by molar-refractivity contribution is 5.94. The molecule has 3 rings (SSSR count). The van der Waals surface area contributed by atoms with Crippen molar-refractivity contribution in [1.82, 2.24) is 0 Å². The predicted molar refractivity (Wildman–Crippen MR) is 77.5 cm³/mol. The number of nitrogens with one attached hydrogen (secondary N) is 1. The van der Waals surface area contributed by atoms with Gasteiger partial charge < -0.3 is 24.9 Å². The monoisotopic (exact) mass is 288 g/mol. The number of fused-ring (bicyclic) bond motifs is 1. The Hall–Kier alpha value is -2.63. The number of nitrogen functional groups attached to an aromatic ring is 1. The number of hydrogen-bond acceptors (Lipinski definition) is 5. The van der Waals surface area contributed by atoms with Crippen molar-refractivity contribution in [3.63, 3.8) is 0 Å². The van der Waals surface area contributed by atoms with Gasteiger partial charge in [-0.05, 0) is 12.1 Å². The molecule has 0 saturated heterocycles. The van der Waals surface area contributed by atoms with E-state index in [1.807, 2.05) is 6.07 Å². The first-order valence-electron chi connectivity index (χ1n) is 6.74. The number of benzene rings is 1. The number of nitrogens with two attached hydrogens (primary N) is 1.